The van der Waals surface area contributed by atoms with Crippen molar-refractivity contribution in [3.8, 4) is 0 Å². The number of hydrogen-bond acceptors (Lipinski definition) is 2. The summed E-state index contributed by atoms with van der Waals surface area (Å²) in [5.41, 5.74) is 4.73. The molecule has 14 heavy (non-hydrogen) atoms. The van der Waals surface area contributed by atoms with Gasteiger partial charge in [0, 0.05) is 11.4 Å². The van der Waals surface area contributed by atoms with E-state index in [1.165, 1.54) is 17.8 Å². The third-order valence-electron chi connectivity index (χ3n) is 1.84. The van der Waals surface area contributed by atoms with Crippen LogP contribution in [0, 0.1) is 0 Å². The van der Waals surface area contributed by atoms with E-state index in [1.807, 2.05) is 0 Å². The highest BCUT2D eigenvalue weighted by Gasteiger charge is 2.33. The third kappa shape index (κ3) is 2.42. The van der Waals surface area contributed by atoms with Crippen molar-refractivity contribution in [3.63, 3.8) is 0 Å². The van der Waals surface area contributed by atoms with Gasteiger partial charge in [-0.2, -0.15) is 13.2 Å². The van der Waals surface area contributed by atoms with Crippen molar-refractivity contribution in [1.29, 1.82) is 0 Å². The molecule has 0 amide bonds. The summed E-state index contributed by atoms with van der Waals surface area (Å²) in [7, 11) is 0. The van der Waals surface area contributed by atoms with Gasteiger partial charge in [0.2, 0.25) is 0 Å². The van der Waals surface area contributed by atoms with E-state index in [-0.39, 0.29) is 12.1 Å². The molecule has 78 valence electrons. The molecule has 0 aliphatic carbocycles. The Morgan fingerprint density at radius 3 is 2.43 bits per heavy atom. The predicted octanol–water partition coefficient (Wildman–Crippen LogP) is 2.89. The molecule has 1 rings (SSSR count). The summed E-state index contributed by atoms with van der Waals surface area (Å²) < 4.78 is 37.5. The van der Waals surface area contributed by atoms with Gasteiger partial charge in [-0.05, 0) is 24.0 Å². The van der Waals surface area contributed by atoms with Crippen LogP contribution in [0.1, 0.15) is 11.1 Å². The van der Waals surface area contributed by atoms with E-state index in [9.17, 15) is 13.2 Å². The molecule has 0 spiro atoms. The van der Waals surface area contributed by atoms with Gasteiger partial charge < -0.3 is 5.73 Å². The first-order valence-corrected chi connectivity index (χ1v) is 5.15. The Balaban J connectivity index is 3.22. The second kappa shape index (κ2) is 4.23. The molecule has 1 aromatic carbocycles. The number of nitrogens with two attached hydrogens (primary N) is 1. The summed E-state index contributed by atoms with van der Waals surface area (Å²) in [6.07, 6.45) is -2.59. The van der Waals surface area contributed by atoms with Crippen LogP contribution in [-0.2, 0) is 12.7 Å². The number of alkyl halides is 3. The van der Waals surface area contributed by atoms with E-state index in [2.05, 4.69) is 0 Å². The van der Waals surface area contributed by atoms with Gasteiger partial charge in [0.05, 0.1) is 5.56 Å². The lowest BCUT2D eigenvalue weighted by Gasteiger charge is -2.12. The van der Waals surface area contributed by atoms with Crippen molar-refractivity contribution in [1.82, 2.24) is 0 Å². The number of benzene rings is 1. The fourth-order valence-electron chi connectivity index (χ4n) is 1.12. The molecule has 0 fully saturated rings. The Hall–Kier alpha value is -0.680. The highest BCUT2D eigenvalue weighted by Crippen LogP contribution is 2.34. The zero-order valence-electron chi connectivity index (χ0n) is 7.56. The topological polar surface area (TPSA) is 26.0 Å². The lowest BCUT2D eigenvalue weighted by molar-refractivity contribution is -0.138. The van der Waals surface area contributed by atoms with Gasteiger partial charge >= 0.3 is 6.18 Å². The summed E-state index contributed by atoms with van der Waals surface area (Å²) >= 11 is 1.28. The van der Waals surface area contributed by atoms with Gasteiger partial charge in [0.25, 0.3) is 0 Å². The Morgan fingerprint density at radius 2 is 2.00 bits per heavy atom. The molecule has 0 heterocycles. The normalized spacial score (nSPS) is 11.8. The van der Waals surface area contributed by atoms with Crippen LogP contribution in [0.2, 0.25) is 0 Å². The van der Waals surface area contributed by atoms with Crippen LogP contribution in [0.5, 0.6) is 0 Å². The first kappa shape index (κ1) is 11.4. The minimum Gasteiger partial charge on any atom is -0.326 e. The Morgan fingerprint density at radius 1 is 1.36 bits per heavy atom. The number of halogens is 3. The van der Waals surface area contributed by atoms with Crippen molar-refractivity contribution >= 4 is 11.8 Å². The molecule has 0 bridgehead atoms. The third-order valence-corrected chi connectivity index (χ3v) is 2.57. The van der Waals surface area contributed by atoms with Gasteiger partial charge in [0.1, 0.15) is 0 Å². The van der Waals surface area contributed by atoms with E-state index < -0.39 is 11.7 Å². The van der Waals surface area contributed by atoms with Crippen molar-refractivity contribution in [3.05, 3.63) is 29.3 Å². The van der Waals surface area contributed by atoms with Crippen LogP contribution in [0.25, 0.3) is 0 Å². The highest BCUT2D eigenvalue weighted by molar-refractivity contribution is 7.98. The van der Waals surface area contributed by atoms with E-state index in [0.717, 1.165) is 6.07 Å². The van der Waals surface area contributed by atoms with Gasteiger partial charge in [0.15, 0.2) is 0 Å². The average molecular weight is 221 g/mol. The monoisotopic (exact) mass is 221 g/mol. The molecule has 5 heteroatoms. The second-order valence-electron chi connectivity index (χ2n) is 2.72. The number of rotatable bonds is 2. The number of thioether (sulfide) groups is 1. The standard InChI is InChI=1S/C9H10F3NS/c1-14-7-3-2-6(5-13)8(4-7)9(10,11)12/h2-4H,5,13H2,1H3. The average Bonchev–Trinajstić information content (AvgIpc) is 2.15. The Labute approximate surface area is 84.5 Å². The van der Waals surface area contributed by atoms with Crippen LogP contribution in [0.4, 0.5) is 13.2 Å². The van der Waals surface area contributed by atoms with E-state index in [4.69, 9.17) is 5.73 Å². The fraction of sp³-hybridized carbons (Fsp3) is 0.333. The van der Waals surface area contributed by atoms with E-state index in [0.29, 0.717) is 4.90 Å². The zero-order valence-corrected chi connectivity index (χ0v) is 8.38. The summed E-state index contributed by atoms with van der Waals surface area (Å²) in [6.45, 7) is -0.0937. The predicted molar refractivity (Wildman–Crippen MR) is 51.1 cm³/mol. The molecule has 0 saturated heterocycles. The van der Waals surface area contributed by atoms with Gasteiger partial charge in [-0.25, -0.2) is 0 Å². The molecule has 0 aromatic heterocycles. The maximum atomic E-state index is 12.5. The second-order valence-corrected chi connectivity index (χ2v) is 3.60. The summed E-state index contributed by atoms with van der Waals surface area (Å²) in [4.78, 5) is 0.592. The fourth-order valence-corrected chi connectivity index (χ4v) is 1.56. The minimum absolute atomic E-state index is 0.0937. The van der Waals surface area contributed by atoms with Gasteiger partial charge in [-0.15, -0.1) is 11.8 Å². The molecule has 0 atom stereocenters. The first-order valence-electron chi connectivity index (χ1n) is 3.93. The molecule has 0 saturated carbocycles. The minimum atomic E-state index is -4.32. The molecule has 1 nitrogen and oxygen atoms in total. The van der Waals surface area contributed by atoms with E-state index in [1.54, 1.807) is 12.3 Å². The van der Waals surface area contributed by atoms with Gasteiger partial charge in [-0.3, -0.25) is 0 Å². The molecule has 0 radical (unpaired) electrons. The molecule has 2 N–H and O–H groups in total. The maximum Gasteiger partial charge on any atom is 0.416 e. The largest absolute Gasteiger partial charge is 0.416 e. The van der Waals surface area contributed by atoms with Gasteiger partial charge in [-0.1, -0.05) is 6.07 Å². The van der Waals surface area contributed by atoms with Crippen LogP contribution < -0.4 is 5.73 Å². The smallest absolute Gasteiger partial charge is 0.326 e. The van der Waals surface area contributed by atoms with Crippen LogP contribution in [-0.4, -0.2) is 6.26 Å². The SMILES string of the molecule is CSc1ccc(CN)c(C(F)(F)F)c1. The molecule has 0 unspecified atom stereocenters. The lowest BCUT2D eigenvalue weighted by Crippen LogP contribution is -2.11. The maximum absolute atomic E-state index is 12.5. The summed E-state index contributed by atoms with van der Waals surface area (Å²) in [6, 6.07) is 4.20. The lowest BCUT2D eigenvalue weighted by atomic mass is 10.1. The van der Waals surface area contributed by atoms with Crippen molar-refractivity contribution in [2.24, 2.45) is 5.73 Å². The molecule has 1 aromatic rings. The quantitative estimate of drug-likeness (QED) is 0.777. The van der Waals surface area contributed by atoms with Crippen molar-refractivity contribution < 1.29 is 13.2 Å². The van der Waals surface area contributed by atoms with Crippen LogP contribution in [0.3, 0.4) is 0 Å². The van der Waals surface area contributed by atoms with E-state index >= 15 is 0 Å². The van der Waals surface area contributed by atoms with Crippen molar-refractivity contribution in [2.45, 2.75) is 17.6 Å². The first-order chi connectivity index (χ1) is 6.49. The Bertz CT molecular complexity index is 322. The zero-order chi connectivity index (χ0) is 10.8. The summed E-state index contributed by atoms with van der Waals surface area (Å²) in [5, 5.41) is 0. The molecule has 0 aliphatic rings. The van der Waals surface area contributed by atoms with Crippen LogP contribution >= 0.6 is 11.8 Å². The molecular weight excluding hydrogens is 211 g/mol. The molecule has 0 aliphatic heterocycles. The highest BCUT2D eigenvalue weighted by atomic mass is 32.2. The van der Waals surface area contributed by atoms with Crippen LogP contribution in [0.15, 0.2) is 23.1 Å². The Kier molecular flexibility index (Phi) is 3.44. The molecular formula is C9H10F3NS. The van der Waals surface area contributed by atoms with Crippen molar-refractivity contribution in [2.75, 3.05) is 6.26 Å². The number of hydrogen-bond donors (Lipinski definition) is 1. The summed E-state index contributed by atoms with van der Waals surface area (Å²) in [5.74, 6) is 0.